The summed E-state index contributed by atoms with van der Waals surface area (Å²) in [7, 11) is 0. The van der Waals surface area contributed by atoms with Crippen molar-refractivity contribution < 1.29 is 19.4 Å². The summed E-state index contributed by atoms with van der Waals surface area (Å²) in [5.74, 6) is 5.51. The highest BCUT2D eigenvalue weighted by molar-refractivity contribution is 5.73. The van der Waals surface area contributed by atoms with Gasteiger partial charge in [0.2, 0.25) is 0 Å². The van der Waals surface area contributed by atoms with Crippen LogP contribution in [0.3, 0.4) is 0 Å². The second kappa shape index (κ2) is 7.19. The van der Waals surface area contributed by atoms with Crippen LogP contribution < -0.4 is 20.7 Å². The van der Waals surface area contributed by atoms with E-state index in [9.17, 15) is 4.79 Å². The highest BCUT2D eigenvalue weighted by Crippen LogP contribution is 2.34. The second-order valence-electron chi connectivity index (χ2n) is 7.47. The maximum absolute atomic E-state index is 11.1. The summed E-state index contributed by atoms with van der Waals surface area (Å²) in [6.07, 6.45) is 0.252. The zero-order chi connectivity index (χ0) is 17.8. The number of carboxylic acids is 1. The van der Waals surface area contributed by atoms with Crippen molar-refractivity contribution >= 4 is 5.97 Å². The zero-order valence-corrected chi connectivity index (χ0v) is 14.8. The van der Waals surface area contributed by atoms with Crippen molar-refractivity contribution in [3.8, 4) is 11.5 Å². The van der Waals surface area contributed by atoms with Crippen molar-refractivity contribution in [1.82, 2.24) is 5.43 Å². The molecule has 1 aromatic carbocycles. The van der Waals surface area contributed by atoms with Crippen LogP contribution in [-0.2, 0) is 11.2 Å². The fourth-order valence-corrected chi connectivity index (χ4v) is 1.96. The molecule has 0 saturated carbocycles. The molecule has 0 heterocycles. The first-order chi connectivity index (χ1) is 10.4. The highest BCUT2D eigenvalue weighted by Gasteiger charge is 2.22. The van der Waals surface area contributed by atoms with Gasteiger partial charge < -0.3 is 14.6 Å². The smallest absolute Gasteiger partial charge is 0.322 e. The summed E-state index contributed by atoms with van der Waals surface area (Å²) in [5.41, 5.74) is 2.34. The van der Waals surface area contributed by atoms with Crippen molar-refractivity contribution in [3.63, 3.8) is 0 Å². The van der Waals surface area contributed by atoms with Gasteiger partial charge in [-0.25, -0.2) is 5.43 Å². The predicted octanol–water partition coefficient (Wildman–Crippen LogP) is 2.50. The van der Waals surface area contributed by atoms with Crippen molar-refractivity contribution in [2.24, 2.45) is 5.84 Å². The number of carbonyl (C=O) groups is 1. The van der Waals surface area contributed by atoms with E-state index in [-0.39, 0.29) is 12.0 Å². The number of nitrogens with two attached hydrogens (primary N) is 1. The SMILES string of the molecule is CC(C)(C)Oc1ccc(CC(NN)C(=O)O)cc1OC(C)(C)C. The fourth-order valence-electron chi connectivity index (χ4n) is 1.96. The minimum Gasteiger partial charge on any atom is -0.484 e. The molecule has 4 N–H and O–H groups in total. The average molecular weight is 324 g/mol. The molecule has 0 bridgehead atoms. The molecule has 0 aromatic heterocycles. The van der Waals surface area contributed by atoms with E-state index in [1.54, 1.807) is 12.1 Å². The lowest BCUT2D eigenvalue weighted by atomic mass is 10.1. The molecule has 1 rings (SSSR count). The highest BCUT2D eigenvalue weighted by atomic mass is 16.5. The third-order valence-electron chi connectivity index (χ3n) is 2.78. The Bertz CT molecular complexity index is 545. The van der Waals surface area contributed by atoms with E-state index in [0.29, 0.717) is 11.5 Å². The van der Waals surface area contributed by atoms with Gasteiger partial charge in [-0.3, -0.25) is 10.6 Å². The van der Waals surface area contributed by atoms with Crippen LogP contribution in [0, 0.1) is 0 Å². The van der Waals surface area contributed by atoms with E-state index in [0.717, 1.165) is 5.56 Å². The maximum Gasteiger partial charge on any atom is 0.322 e. The van der Waals surface area contributed by atoms with Gasteiger partial charge in [-0.2, -0.15) is 0 Å². The molecule has 0 aliphatic rings. The fraction of sp³-hybridized carbons (Fsp3) is 0.588. The van der Waals surface area contributed by atoms with Crippen LogP contribution in [0.2, 0.25) is 0 Å². The predicted molar refractivity (Wildman–Crippen MR) is 89.7 cm³/mol. The quantitative estimate of drug-likeness (QED) is 0.550. The summed E-state index contributed by atoms with van der Waals surface area (Å²) < 4.78 is 11.9. The number of hydrazine groups is 1. The van der Waals surface area contributed by atoms with Gasteiger partial charge >= 0.3 is 5.97 Å². The van der Waals surface area contributed by atoms with Crippen molar-refractivity contribution in [2.45, 2.75) is 65.2 Å². The molecule has 0 radical (unpaired) electrons. The van der Waals surface area contributed by atoms with Crippen LogP contribution in [-0.4, -0.2) is 28.3 Å². The molecule has 6 heteroatoms. The number of ether oxygens (including phenoxy) is 2. The van der Waals surface area contributed by atoms with Crippen LogP contribution in [0.15, 0.2) is 18.2 Å². The first-order valence-electron chi connectivity index (χ1n) is 7.61. The van der Waals surface area contributed by atoms with Gasteiger partial charge in [0.1, 0.15) is 17.2 Å². The van der Waals surface area contributed by atoms with Crippen molar-refractivity contribution in [3.05, 3.63) is 23.8 Å². The van der Waals surface area contributed by atoms with E-state index in [1.165, 1.54) is 0 Å². The number of hydrogen-bond donors (Lipinski definition) is 3. The van der Waals surface area contributed by atoms with Crippen LogP contribution in [0.25, 0.3) is 0 Å². The van der Waals surface area contributed by atoms with Crippen LogP contribution in [0.1, 0.15) is 47.1 Å². The summed E-state index contributed by atoms with van der Waals surface area (Å²) in [5, 5.41) is 9.10. The van der Waals surface area contributed by atoms with Crippen LogP contribution in [0.5, 0.6) is 11.5 Å². The van der Waals surface area contributed by atoms with Crippen molar-refractivity contribution in [1.29, 1.82) is 0 Å². The van der Waals surface area contributed by atoms with Gasteiger partial charge in [0.05, 0.1) is 0 Å². The lowest BCUT2D eigenvalue weighted by molar-refractivity contribution is -0.139. The molecule has 0 spiro atoms. The van der Waals surface area contributed by atoms with E-state index < -0.39 is 17.6 Å². The molecule has 23 heavy (non-hydrogen) atoms. The Balaban J connectivity index is 3.13. The molecule has 0 aliphatic heterocycles. The van der Waals surface area contributed by atoms with Gasteiger partial charge in [-0.15, -0.1) is 0 Å². The molecular weight excluding hydrogens is 296 g/mol. The summed E-state index contributed by atoms with van der Waals surface area (Å²) in [6.45, 7) is 11.7. The van der Waals surface area contributed by atoms with E-state index in [4.69, 9.17) is 20.4 Å². The Hall–Kier alpha value is -1.79. The third kappa shape index (κ3) is 6.88. The zero-order valence-electron chi connectivity index (χ0n) is 14.8. The number of aliphatic carboxylic acids is 1. The maximum atomic E-state index is 11.1. The van der Waals surface area contributed by atoms with Gasteiger partial charge in [0, 0.05) is 0 Å². The lowest BCUT2D eigenvalue weighted by Gasteiger charge is -2.27. The molecule has 0 amide bonds. The van der Waals surface area contributed by atoms with Gasteiger partial charge in [-0.1, -0.05) is 6.07 Å². The molecule has 0 saturated heterocycles. The summed E-state index contributed by atoms with van der Waals surface area (Å²) in [6, 6.07) is 4.58. The Kier molecular flexibility index (Phi) is 6.02. The molecule has 1 unspecified atom stereocenters. The minimum absolute atomic E-state index is 0.252. The normalized spacial score (nSPS) is 13.5. The van der Waals surface area contributed by atoms with E-state index >= 15 is 0 Å². The molecular formula is C17H28N2O4. The number of carboxylic acid groups (broad SMARTS) is 1. The van der Waals surface area contributed by atoms with E-state index in [2.05, 4.69) is 5.43 Å². The summed E-state index contributed by atoms with van der Waals surface area (Å²) in [4.78, 5) is 11.1. The second-order valence-corrected chi connectivity index (χ2v) is 7.47. The lowest BCUT2D eigenvalue weighted by Crippen LogP contribution is -2.42. The molecule has 1 atom stereocenters. The van der Waals surface area contributed by atoms with Gasteiger partial charge in [0.25, 0.3) is 0 Å². The van der Waals surface area contributed by atoms with Crippen molar-refractivity contribution in [2.75, 3.05) is 0 Å². The third-order valence-corrected chi connectivity index (χ3v) is 2.78. The number of benzene rings is 1. The molecule has 130 valence electrons. The topological polar surface area (TPSA) is 93.8 Å². The number of nitrogens with one attached hydrogen (secondary N) is 1. The standard InChI is InChI=1S/C17H28N2O4/c1-16(2,3)22-13-8-7-11(9-12(19-18)15(20)21)10-14(13)23-17(4,5)6/h7-8,10,12,19H,9,18H2,1-6H3,(H,20,21). The summed E-state index contributed by atoms with van der Waals surface area (Å²) >= 11 is 0. The molecule has 1 aromatic rings. The number of rotatable bonds is 6. The minimum atomic E-state index is -0.999. The Morgan fingerprint density at radius 2 is 1.65 bits per heavy atom. The Labute approximate surface area is 137 Å². The molecule has 0 aliphatic carbocycles. The molecule has 0 fully saturated rings. The van der Waals surface area contributed by atoms with E-state index in [1.807, 2.05) is 47.6 Å². The average Bonchev–Trinajstić information content (AvgIpc) is 2.35. The Morgan fingerprint density at radius 1 is 1.13 bits per heavy atom. The monoisotopic (exact) mass is 324 g/mol. The van der Waals surface area contributed by atoms with Crippen LogP contribution in [0.4, 0.5) is 0 Å². The first kappa shape index (κ1) is 19.3. The molecule has 6 nitrogen and oxygen atoms in total. The Morgan fingerprint density at radius 3 is 2.09 bits per heavy atom. The van der Waals surface area contributed by atoms with Gasteiger partial charge in [0.15, 0.2) is 11.5 Å². The van der Waals surface area contributed by atoms with Crippen LogP contribution >= 0.6 is 0 Å². The first-order valence-corrected chi connectivity index (χ1v) is 7.61. The largest absolute Gasteiger partial charge is 0.484 e. The van der Waals surface area contributed by atoms with Gasteiger partial charge in [-0.05, 0) is 65.7 Å². The number of hydrogen-bond acceptors (Lipinski definition) is 5.